The molecule has 1 fully saturated rings. The van der Waals surface area contributed by atoms with Crippen LogP contribution in [0.3, 0.4) is 0 Å². The van der Waals surface area contributed by atoms with Crippen molar-refractivity contribution >= 4 is 48.6 Å². The molecule has 0 aliphatic heterocycles. The second kappa shape index (κ2) is 10.4. The van der Waals surface area contributed by atoms with Crippen molar-refractivity contribution in [3.63, 3.8) is 0 Å². The molecule has 1 heterocycles. The van der Waals surface area contributed by atoms with Gasteiger partial charge in [0.25, 0.3) is 0 Å². The van der Waals surface area contributed by atoms with E-state index in [-0.39, 0.29) is 0 Å². The Morgan fingerprint density at radius 1 is 0.939 bits per heavy atom. The lowest BCUT2D eigenvalue weighted by molar-refractivity contribution is 0.284. The summed E-state index contributed by atoms with van der Waals surface area (Å²) in [6.07, 6.45) is 4.14. The highest BCUT2D eigenvalue weighted by Crippen LogP contribution is 2.29. The molecule has 2 N–H and O–H groups in total. The zero-order chi connectivity index (χ0) is 23.4. The molecule has 2 aromatic carbocycles. The summed E-state index contributed by atoms with van der Waals surface area (Å²) < 4.78 is 28.7. The molecule has 0 unspecified atom stereocenters. The summed E-state index contributed by atoms with van der Waals surface area (Å²) >= 11 is 3.34. The molecule has 1 aromatic heterocycles. The molecule has 0 saturated heterocycles. The third-order valence-electron chi connectivity index (χ3n) is 6.21. The molecule has 0 spiro atoms. The number of fused-ring (bicyclic) bond motifs is 1. The highest BCUT2D eigenvalue weighted by Gasteiger charge is 2.23. The average molecular weight is 533 g/mol. The van der Waals surface area contributed by atoms with Crippen molar-refractivity contribution in [3.05, 3.63) is 53.0 Å². The maximum atomic E-state index is 12.5. The molecule has 9 heteroatoms. The van der Waals surface area contributed by atoms with E-state index in [4.69, 9.17) is 4.98 Å². The van der Waals surface area contributed by atoms with E-state index in [2.05, 4.69) is 31.0 Å². The van der Waals surface area contributed by atoms with Gasteiger partial charge in [-0.25, -0.2) is 18.1 Å². The molecule has 0 bridgehead atoms. The fraction of sp³-hybridized carbons (Fsp3) is 0.417. The normalized spacial score (nSPS) is 18.9. The van der Waals surface area contributed by atoms with Crippen molar-refractivity contribution in [2.45, 2.75) is 30.6 Å². The van der Waals surface area contributed by atoms with Gasteiger partial charge in [-0.05, 0) is 73.9 Å². The molecule has 0 radical (unpaired) electrons. The molecule has 33 heavy (non-hydrogen) atoms. The van der Waals surface area contributed by atoms with Gasteiger partial charge in [-0.1, -0.05) is 28.1 Å². The third kappa shape index (κ3) is 6.02. The molecule has 0 atom stereocenters. The standard InChI is InChI=1S/C24H30BrN5O2S/c1-30(2)23-21-5-3-4-6-22(21)28-24(29-23)26-15-17-7-9-18(10-8-17)16-27-33(31,32)20-13-11-19(25)12-14-20/h3-6,11-14,17-18,27H,7-10,15-16H2,1-2H3,(H,26,28,29)/t17-,18-. The largest absolute Gasteiger partial charge is 0.362 e. The predicted octanol–water partition coefficient (Wildman–Crippen LogP) is 4.66. The predicted molar refractivity (Wildman–Crippen MR) is 137 cm³/mol. The highest BCUT2D eigenvalue weighted by molar-refractivity contribution is 9.10. The number of hydrogen-bond donors (Lipinski definition) is 2. The fourth-order valence-corrected chi connectivity index (χ4v) is 5.66. The first-order valence-electron chi connectivity index (χ1n) is 11.2. The Morgan fingerprint density at radius 2 is 1.58 bits per heavy atom. The second-order valence-electron chi connectivity index (χ2n) is 8.86. The zero-order valence-electron chi connectivity index (χ0n) is 19.0. The Hall–Kier alpha value is -2.23. The lowest BCUT2D eigenvalue weighted by Gasteiger charge is -2.28. The summed E-state index contributed by atoms with van der Waals surface area (Å²) in [7, 11) is 0.513. The minimum absolute atomic E-state index is 0.302. The maximum Gasteiger partial charge on any atom is 0.240 e. The average Bonchev–Trinajstić information content (AvgIpc) is 2.82. The molecule has 4 rings (SSSR count). The molecular weight excluding hydrogens is 502 g/mol. The molecule has 1 aliphatic carbocycles. The summed E-state index contributed by atoms with van der Waals surface area (Å²) in [4.78, 5) is 11.7. The van der Waals surface area contributed by atoms with Crippen molar-refractivity contribution in [1.82, 2.24) is 14.7 Å². The van der Waals surface area contributed by atoms with Gasteiger partial charge in [-0.15, -0.1) is 0 Å². The summed E-state index contributed by atoms with van der Waals surface area (Å²) in [5, 5.41) is 4.48. The van der Waals surface area contributed by atoms with Crippen LogP contribution in [0.2, 0.25) is 0 Å². The van der Waals surface area contributed by atoms with Gasteiger partial charge in [0.05, 0.1) is 10.4 Å². The highest BCUT2D eigenvalue weighted by atomic mass is 79.9. The number of nitrogens with one attached hydrogen (secondary N) is 2. The van der Waals surface area contributed by atoms with E-state index >= 15 is 0 Å². The summed E-state index contributed by atoms with van der Waals surface area (Å²) in [5.41, 5.74) is 0.931. The van der Waals surface area contributed by atoms with Crippen LogP contribution in [0.5, 0.6) is 0 Å². The third-order valence-corrected chi connectivity index (χ3v) is 8.18. The first kappa shape index (κ1) is 23.9. The lowest BCUT2D eigenvalue weighted by atomic mass is 9.82. The molecule has 1 saturated carbocycles. The van der Waals surface area contributed by atoms with Crippen LogP contribution in [0.1, 0.15) is 25.7 Å². The first-order chi connectivity index (χ1) is 15.8. The van der Waals surface area contributed by atoms with E-state index < -0.39 is 10.0 Å². The Morgan fingerprint density at radius 3 is 2.24 bits per heavy atom. The van der Waals surface area contributed by atoms with Gasteiger partial charge in [0.1, 0.15) is 5.82 Å². The number of anilines is 2. The topological polar surface area (TPSA) is 87.2 Å². The van der Waals surface area contributed by atoms with Crippen LogP contribution in [-0.2, 0) is 10.0 Å². The summed E-state index contributed by atoms with van der Waals surface area (Å²) in [5.74, 6) is 2.46. The number of hydrogen-bond acceptors (Lipinski definition) is 6. The second-order valence-corrected chi connectivity index (χ2v) is 11.5. The molecule has 0 amide bonds. The SMILES string of the molecule is CN(C)c1nc(NC[C@H]2CC[C@H](CNS(=O)(=O)c3ccc(Br)cc3)CC2)nc2ccccc12. The van der Waals surface area contributed by atoms with E-state index in [1.807, 2.05) is 43.3 Å². The Kier molecular flexibility index (Phi) is 7.51. The van der Waals surface area contributed by atoms with Crippen LogP contribution in [0.15, 0.2) is 57.9 Å². The maximum absolute atomic E-state index is 12.5. The molecule has 3 aromatic rings. The zero-order valence-corrected chi connectivity index (χ0v) is 21.4. The fourth-order valence-electron chi connectivity index (χ4n) is 4.28. The number of sulfonamides is 1. The van der Waals surface area contributed by atoms with Gasteiger partial charge in [0.15, 0.2) is 0 Å². The van der Waals surface area contributed by atoms with E-state index in [0.29, 0.717) is 29.2 Å². The number of aromatic nitrogens is 2. The Bertz CT molecular complexity index is 1190. The molecule has 176 valence electrons. The van der Waals surface area contributed by atoms with Crippen LogP contribution >= 0.6 is 15.9 Å². The Labute approximate surface area is 204 Å². The van der Waals surface area contributed by atoms with E-state index in [1.165, 1.54) is 0 Å². The van der Waals surface area contributed by atoms with Gasteiger partial charge in [-0.2, -0.15) is 4.98 Å². The molecule has 1 aliphatic rings. The van der Waals surface area contributed by atoms with Crippen LogP contribution in [-0.4, -0.2) is 45.6 Å². The number of benzene rings is 2. The summed E-state index contributed by atoms with van der Waals surface area (Å²) in [6.45, 7) is 1.31. The monoisotopic (exact) mass is 531 g/mol. The van der Waals surface area contributed by atoms with Crippen molar-refractivity contribution < 1.29 is 8.42 Å². The first-order valence-corrected chi connectivity index (χ1v) is 13.5. The van der Waals surface area contributed by atoms with Gasteiger partial charge in [-0.3, -0.25) is 0 Å². The number of rotatable bonds is 8. The van der Waals surface area contributed by atoms with Gasteiger partial charge in [0, 0.05) is 37.0 Å². The van der Waals surface area contributed by atoms with Crippen LogP contribution in [0.4, 0.5) is 11.8 Å². The van der Waals surface area contributed by atoms with E-state index in [9.17, 15) is 8.42 Å². The summed E-state index contributed by atoms with van der Waals surface area (Å²) in [6, 6.07) is 14.8. The van der Waals surface area contributed by atoms with Gasteiger partial charge >= 0.3 is 0 Å². The lowest BCUT2D eigenvalue weighted by Crippen LogP contribution is -2.32. The number of para-hydroxylation sites is 1. The van der Waals surface area contributed by atoms with Crippen molar-refractivity contribution in [3.8, 4) is 0 Å². The van der Waals surface area contributed by atoms with E-state index in [1.54, 1.807) is 24.3 Å². The molecule has 7 nitrogen and oxygen atoms in total. The van der Waals surface area contributed by atoms with Crippen molar-refractivity contribution in [2.75, 3.05) is 37.4 Å². The van der Waals surface area contributed by atoms with Crippen LogP contribution < -0.4 is 14.9 Å². The van der Waals surface area contributed by atoms with Crippen LogP contribution in [0, 0.1) is 11.8 Å². The molecular formula is C24H30BrN5O2S. The number of halogens is 1. The number of nitrogens with zero attached hydrogens (tertiary/aromatic N) is 3. The van der Waals surface area contributed by atoms with Crippen LogP contribution in [0.25, 0.3) is 10.9 Å². The van der Waals surface area contributed by atoms with Gasteiger partial charge < -0.3 is 10.2 Å². The Balaban J connectivity index is 1.28. The minimum Gasteiger partial charge on any atom is -0.362 e. The van der Waals surface area contributed by atoms with Crippen molar-refractivity contribution in [1.29, 1.82) is 0 Å². The van der Waals surface area contributed by atoms with E-state index in [0.717, 1.165) is 53.4 Å². The quantitative estimate of drug-likeness (QED) is 0.439. The van der Waals surface area contributed by atoms with Gasteiger partial charge in [0.2, 0.25) is 16.0 Å². The minimum atomic E-state index is -3.47. The smallest absolute Gasteiger partial charge is 0.240 e. The van der Waals surface area contributed by atoms with Crippen molar-refractivity contribution in [2.24, 2.45) is 11.8 Å².